The molecule has 264 valence electrons. The van der Waals surface area contributed by atoms with Gasteiger partial charge < -0.3 is 38.3 Å². The lowest BCUT2D eigenvalue weighted by atomic mass is 9.99. The number of halogens is 1. The molecular formula is C34H47ClN10O4. The van der Waals surface area contributed by atoms with E-state index in [-0.39, 0.29) is 53.9 Å². The maximum atomic E-state index is 13.2. The molecule has 0 bridgehead atoms. The minimum atomic E-state index is -0.678. The van der Waals surface area contributed by atoms with Gasteiger partial charge in [-0.15, -0.1) is 0 Å². The first-order valence-corrected chi connectivity index (χ1v) is 16.6. The normalized spacial score (nSPS) is 12.0. The Kier molecular flexibility index (Phi) is 15.7. The minimum absolute atomic E-state index is 0.0593. The van der Waals surface area contributed by atoms with Crippen molar-refractivity contribution < 1.29 is 19.1 Å². The Labute approximate surface area is 291 Å². The first kappa shape index (κ1) is 38.7. The summed E-state index contributed by atoms with van der Waals surface area (Å²) in [5, 5.41) is 2.29. The number of carbonyl (C=O) groups is 3. The van der Waals surface area contributed by atoms with E-state index in [0.29, 0.717) is 25.9 Å². The quantitative estimate of drug-likeness (QED) is 0.0488. The number of aryl methyl sites for hydroxylation is 2. The number of rotatable bonds is 18. The second-order valence-corrected chi connectivity index (χ2v) is 11.8. The SMILES string of the molecule is COC(=O)[C@H](CCCCN)N(CCN)C(=O)CCc1ccc(-c2ccc(CCCCN=C(N)NC(=O)c3nc(Cl)c(N)nc3N)cc2)cc1. The van der Waals surface area contributed by atoms with Crippen LogP contribution in [-0.2, 0) is 27.2 Å². The molecule has 2 aromatic carbocycles. The number of hydrogen-bond acceptors (Lipinski definition) is 11. The molecule has 0 aliphatic heterocycles. The number of aliphatic imine (C=N–C) groups is 1. The number of ether oxygens (including phenoxy) is 1. The second kappa shape index (κ2) is 19.9. The highest BCUT2D eigenvalue weighted by Crippen LogP contribution is 2.22. The number of aromatic nitrogens is 2. The van der Waals surface area contributed by atoms with Gasteiger partial charge in [0.15, 0.2) is 28.4 Å². The van der Waals surface area contributed by atoms with E-state index in [1.165, 1.54) is 12.7 Å². The standard InChI is InChI=1S/C34H47ClN10O4/c1-49-33(48)26(7-2-4-18-36)45(21-19-37)27(46)17-12-23-10-15-25(16-11-23)24-13-8-22(9-14-24)6-3-5-20-41-34(40)44-32(47)28-30(38)43-31(39)29(35)42-28/h8-11,13-16,26H,2-7,12,17-21,36-37H2,1H3,(H4,38,39,43)(H3,40,41,44,47)/t26-/m0/s1. The number of unbranched alkanes of at least 4 members (excludes halogenated alkanes) is 2. The predicted octanol–water partition coefficient (Wildman–Crippen LogP) is 2.42. The third-order valence-corrected chi connectivity index (χ3v) is 8.14. The Balaban J connectivity index is 1.46. The number of nitrogens with two attached hydrogens (primary N) is 5. The Morgan fingerprint density at radius 3 is 2.10 bits per heavy atom. The summed E-state index contributed by atoms with van der Waals surface area (Å²) >= 11 is 5.82. The van der Waals surface area contributed by atoms with Crippen LogP contribution in [0.2, 0.25) is 5.15 Å². The van der Waals surface area contributed by atoms with Gasteiger partial charge in [-0.2, -0.15) is 0 Å². The fourth-order valence-corrected chi connectivity index (χ4v) is 5.33. The Hall–Kier alpha value is -4.79. The largest absolute Gasteiger partial charge is 0.467 e. The van der Waals surface area contributed by atoms with Crippen LogP contribution in [-0.4, -0.2) is 77.9 Å². The molecule has 1 heterocycles. The maximum absolute atomic E-state index is 13.2. The van der Waals surface area contributed by atoms with Crippen LogP contribution in [0, 0.1) is 0 Å². The fraction of sp³-hybridized carbons (Fsp3) is 0.412. The van der Waals surface area contributed by atoms with Crippen LogP contribution in [0.25, 0.3) is 11.1 Å². The summed E-state index contributed by atoms with van der Waals surface area (Å²) in [5.74, 6) is -1.53. The lowest BCUT2D eigenvalue weighted by Crippen LogP contribution is -2.48. The number of anilines is 2. The van der Waals surface area contributed by atoms with Crippen LogP contribution in [0.4, 0.5) is 11.6 Å². The molecule has 0 saturated carbocycles. The van der Waals surface area contributed by atoms with E-state index in [1.807, 2.05) is 24.3 Å². The lowest BCUT2D eigenvalue weighted by molar-refractivity contribution is -0.153. The molecule has 0 aliphatic rings. The first-order valence-electron chi connectivity index (χ1n) is 16.2. The van der Waals surface area contributed by atoms with Gasteiger partial charge in [0.2, 0.25) is 5.91 Å². The van der Waals surface area contributed by atoms with Crippen molar-refractivity contribution in [1.82, 2.24) is 20.2 Å². The number of esters is 1. The lowest BCUT2D eigenvalue weighted by Gasteiger charge is -2.30. The summed E-state index contributed by atoms with van der Waals surface area (Å²) in [4.78, 5) is 51.3. The smallest absolute Gasteiger partial charge is 0.328 e. The fourth-order valence-electron chi connectivity index (χ4n) is 5.20. The average Bonchev–Trinajstić information content (AvgIpc) is 3.10. The van der Waals surface area contributed by atoms with Gasteiger partial charge in [0.1, 0.15) is 6.04 Å². The second-order valence-electron chi connectivity index (χ2n) is 11.4. The third-order valence-electron chi connectivity index (χ3n) is 7.86. The number of guanidine groups is 1. The van der Waals surface area contributed by atoms with Gasteiger partial charge >= 0.3 is 5.97 Å². The van der Waals surface area contributed by atoms with Crippen molar-refractivity contribution in [2.45, 2.75) is 57.4 Å². The molecule has 0 saturated heterocycles. The number of benzene rings is 2. The highest BCUT2D eigenvalue weighted by Gasteiger charge is 2.29. The number of nitrogens with one attached hydrogen (secondary N) is 1. The molecule has 49 heavy (non-hydrogen) atoms. The zero-order chi connectivity index (χ0) is 35.8. The number of amides is 2. The molecule has 0 unspecified atom stereocenters. The van der Waals surface area contributed by atoms with E-state index in [2.05, 4.69) is 44.5 Å². The van der Waals surface area contributed by atoms with Crippen LogP contribution in [0.1, 0.15) is 60.1 Å². The van der Waals surface area contributed by atoms with Crippen LogP contribution < -0.4 is 34.0 Å². The number of nitrogen functional groups attached to an aromatic ring is 2. The summed E-state index contributed by atoms with van der Waals surface area (Å²) < 4.78 is 4.98. The molecule has 1 aromatic heterocycles. The number of carbonyl (C=O) groups excluding carboxylic acids is 3. The van der Waals surface area contributed by atoms with Crippen molar-refractivity contribution in [3.63, 3.8) is 0 Å². The summed E-state index contributed by atoms with van der Waals surface area (Å²) in [5.41, 5.74) is 32.6. The topological polar surface area (TPSA) is 244 Å². The average molecular weight is 695 g/mol. The van der Waals surface area contributed by atoms with Gasteiger partial charge in [-0.05, 0) is 73.7 Å². The number of nitrogens with zero attached hydrogens (tertiary/aromatic N) is 4. The van der Waals surface area contributed by atoms with Gasteiger partial charge in [-0.3, -0.25) is 19.9 Å². The van der Waals surface area contributed by atoms with E-state index < -0.39 is 17.9 Å². The van der Waals surface area contributed by atoms with E-state index in [9.17, 15) is 14.4 Å². The van der Waals surface area contributed by atoms with Gasteiger partial charge in [-0.25, -0.2) is 14.8 Å². The van der Waals surface area contributed by atoms with E-state index in [1.54, 1.807) is 4.90 Å². The molecular weight excluding hydrogens is 648 g/mol. The molecule has 3 rings (SSSR count). The van der Waals surface area contributed by atoms with Crippen molar-refractivity contribution >= 4 is 47.0 Å². The summed E-state index contributed by atoms with van der Waals surface area (Å²) in [6.45, 7) is 1.49. The molecule has 2 amide bonds. The van der Waals surface area contributed by atoms with Crippen molar-refractivity contribution in [3.8, 4) is 11.1 Å². The first-order chi connectivity index (χ1) is 23.6. The van der Waals surface area contributed by atoms with Gasteiger partial charge in [0.25, 0.3) is 5.91 Å². The molecule has 1 atom stereocenters. The Bertz CT molecular complexity index is 1570. The van der Waals surface area contributed by atoms with E-state index in [0.717, 1.165) is 48.8 Å². The van der Waals surface area contributed by atoms with E-state index >= 15 is 0 Å². The third kappa shape index (κ3) is 12.0. The molecule has 15 heteroatoms. The summed E-state index contributed by atoms with van der Waals surface area (Å²) in [6, 6.07) is 15.8. The van der Waals surface area contributed by atoms with Crippen LogP contribution in [0.5, 0.6) is 0 Å². The molecule has 0 radical (unpaired) electrons. The van der Waals surface area contributed by atoms with Crippen LogP contribution >= 0.6 is 11.6 Å². The van der Waals surface area contributed by atoms with Gasteiger partial charge in [-0.1, -0.05) is 60.1 Å². The zero-order valence-electron chi connectivity index (χ0n) is 27.9. The highest BCUT2D eigenvalue weighted by atomic mass is 35.5. The molecule has 3 aromatic rings. The molecule has 14 nitrogen and oxygen atoms in total. The summed E-state index contributed by atoms with van der Waals surface area (Å²) in [7, 11) is 1.33. The summed E-state index contributed by atoms with van der Waals surface area (Å²) in [6.07, 6.45) is 5.27. The minimum Gasteiger partial charge on any atom is -0.467 e. The zero-order valence-corrected chi connectivity index (χ0v) is 28.6. The predicted molar refractivity (Wildman–Crippen MR) is 192 cm³/mol. The van der Waals surface area contributed by atoms with Gasteiger partial charge in [0, 0.05) is 26.1 Å². The molecule has 0 aliphatic carbocycles. The molecule has 0 spiro atoms. The Morgan fingerprint density at radius 1 is 0.878 bits per heavy atom. The molecule has 0 fully saturated rings. The van der Waals surface area contributed by atoms with E-state index in [4.69, 9.17) is 45.0 Å². The monoisotopic (exact) mass is 694 g/mol. The number of hydrogen-bond donors (Lipinski definition) is 6. The molecule has 11 N–H and O–H groups in total. The maximum Gasteiger partial charge on any atom is 0.328 e. The van der Waals surface area contributed by atoms with Crippen molar-refractivity contribution in [2.24, 2.45) is 22.2 Å². The number of methoxy groups -OCH3 is 1. The van der Waals surface area contributed by atoms with Crippen molar-refractivity contribution in [3.05, 3.63) is 70.5 Å². The van der Waals surface area contributed by atoms with Crippen molar-refractivity contribution in [2.75, 3.05) is 44.8 Å². The highest BCUT2D eigenvalue weighted by molar-refractivity contribution is 6.31. The Morgan fingerprint density at radius 2 is 1.51 bits per heavy atom. The van der Waals surface area contributed by atoms with Crippen LogP contribution in [0.15, 0.2) is 53.5 Å². The van der Waals surface area contributed by atoms with Crippen molar-refractivity contribution in [1.29, 1.82) is 0 Å². The van der Waals surface area contributed by atoms with Gasteiger partial charge in [0.05, 0.1) is 7.11 Å². The van der Waals surface area contributed by atoms with Crippen LogP contribution in [0.3, 0.4) is 0 Å².